The van der Waals surface area contributed by atoms with Crippen LogP contribution >= 0.6 is 0 Å². The monoisotopic (exact) mass is 291 g/mol. The first kappa shape index (κ1) is 16.0. The van der Waals surface area contributed by atoms with Crippen LogP contribution in [0.25, 0.3) is 0 Å². The van der Waals surface area contributed by atoms with Crippen molar-refractivity contribution < 1.29 is 9.18 Å². The number of nitrogens with one attached hydrogen (secondary N) is 1. The first-order chi connectivity index (χ1) is 9.94. The molecule has 1 fully saturated rings. The van der Waals surface area contributed by atoms with Gasteiger partial charge in [0, 0.05) is 6.04 Å². The van der Waals surface area contributed by atoms with Gasteiger partial charge in [-0.05, 0) is 49.1 Å². The van der Waals surface area contributed by atoms with Crippen molar-refractivity contribution in [1.82, 2.24) is 5.32 Å². The molecular weight excluding hydrogens is 265 g/mol. The van der Waals surface area contributed by atoms with Crippen molar-refractivity contribution in [3.63, 3.8) is 0 Å². The van der Waals surface area contributed by atoms with Crippen LogP contribution in [0.3, 0.4) is 0 Å². The van der Waals surface area contributed by atoms with E-state index in [1.807, 2.05) is 0 Å². The number of benzene rings is 1. The minimum atomic E-state index is -0.448. The molecule has 0 spiro atoms. The van der Waals surface area contributed by atoms with Crippen molar-refractivity contribution in [2.45, 2.75) is 58.9 Å². The highest BCUT2D eigenvalue weighted by Crippen LogP contribution is 2.40. The van der Waals surface area contributed by atoms with Crippen molar-refractivity contribution >= 4 is 5.91 Å². The summed E-state index contributed by atoms with van der Waals surface area (Å²) < 4.78 is 13.6. The van der Waals surface area contributed by atoms with Crippen LogP contribution in [0.15, 0.2) is 24.3 Å². The van der Waals surface area contributed by atoms with Gasteiger partial charge in [-0.2, -0.15) is 0 Å². The van der Waals surface area contributed by atoms with E-state index in [-0.39, 0.29) is 17.5 Å². The number of halogens is 1. The Balaban J connectivity index is 1.89. The predicted molar refractivity (Wildman–Crippen MR) is 83.7 cm³/mol. The molecule has 0 atom stereocenters. The normalized spacial score (nSPS) is 22.9. The minimum absolute atomic E-state index is 0.147. The van der Waals surface area contributed by atoms with E-state index in [0.29, 0.717) is 5.41 Å². The van der Waals surface area contributed by atoms with Crippen LogP contribution in [0.5, 0.6) is 0 Å². The lowest BCUT2D eigenvalue weighted by Crippen LogP contribution is -2.40. The van der Waals surface area contributed by atoms with E-state index in [4.69, 9.17) is 0 Å². The van der Waals surface area contributed by atoms with E-state index in [2.05, 4.69) is 26.1 Å². The summed E-state index contributed by atoms with van der Waals surface area (Å²) in [6.45, 7) is 6.90. The molecule has 3 heteroatoms. The second-order valence-electron chi connectivity index (χ2n) is 6.84. The van der Waals surface area contributed by atoms with Gasteiger partial charge in [-0.15, -0.1) is 0 Å². The highest BCUT2D eigenvalue weighted by atomic mass is 19.1. The Morgan fingerprint density at radius 2 is 1.86 bits per heavy atom. The molecule has 1 aliphatic carbocycles. The van der Waals surface area contributed by atoms with Gasteiger partial charge in [-0.25, -0.2) is 4.39 Å². The fraction of sp³-hybridized carbons (Fsp3) is 0.611. The lowest BCUT2D eigenvalue weighted by molar-refractivity contribution is 0.0889. The first-order valence-corrected chi connectivity index (χ1v) is 7.99. The molecule has 0 unspecified atom stereocenters. The summed E-state index contributed by atoms with van der Waals surface area (Å²) in [5, 5.41) is 2.99. The van der Waals surface area contributed by atoms with Gasteiger partial charge in [0.2, 0.25) is 0 Å². The molecule has 0 heterocycles. The average molecular weight is 291 g/mol. The summed E-state index contributed by atoms with van der Waals surface area (Å²) in [7, 11) is 0. The maximum atomic E-state index is 13.6. The molecule has 0 bridgehead atoms. The van der Waals surface area contributed by atoms with E-state index in [0.717, 1.165) is 31.6 Å². The Hall–Kier alpha value is -1.38. The maximum absolute atomic E-state index is 13.6. The highest BCUT2D eigenvalue weighted by Gasteiger charge is 2.32. The Morgan fingerprint density at radius 3 is 2.43 bits per heavy atom. The molecule has 0 aromatic heterocycles. The van der Waals surface area contributed by atoms with E-state index in [1.165, 1.54) is 18.6 Å². The lowest BCUT2D eigenvalue weighted by atomic mass is 9.69. The van der Waals surface area contributed by atoms with Gasteiger partial charge in [0.15, 0.2) is 0 Å². The molecule has 1 aliphatic rings. The van der Waals surface area contributed by atoms with Gasteiger partial charge in [0.25, 0.3) is 5.91 Å². The van der Waals surface area contributed by atoms with Crippen molar-refractivity contribution in [3.8, 4) is 0 Å². The van der Waals surface area contributed by atoms with Gasteiger partial charge >= 0.3 is 0 Å². The molecule has 1 aromatic rings. The van der Waals surface area contributed by atoms with E-state index >= 15 is 0 Å². The molecule has 1 amide bonds. The fourth-order valence-electron chi connectivity index (χ4n) is 3.22. The zero-order chi connectivity index (χ0) is 15.5. The van der Waals surface area contributed by atoms with Gasteiger partial charge < -0.3 is 5.32 Å². The summed E-state index contributed by atoms with van der Waals surface area (Å²) in [6.07, 6.45) is 5.46. The van der Waals surface area contributed by atoms with Crippen LogP contribution in [-0.2, 0) is 0 Å². The summed E-state index contributed by atoms with van der Waals surface area (Å²) >= 11 is 0. The van der Waals surface area contributed by atoms with Gasteiger partial charge in [-0.3, -0.25) is 4.79 Å². The summed E-state index contributed by atoms with van der Waals surface area (Å²) in [6, 6.07) is 6.34. The Bertz CT molecular complexity index is 490. The fourth-order valence-corrected chi connectivity index (χ4v) is 3.22. The van der Waals surface area contributed by atoms with Gasteiger partial charge in [0.1, 0.15) is 5.82 Å². The van der Waals surface area contributed by atoms with Gasteiger partial charge in [0.05, 0.1) is 5.56 Å². The molecule has 116 valence electrons. The van der Waals surface area contributed by atoms with Crippen molar-refractivity contribution in [2.75, 3.05) is 0 Å². The topological polar surface area (TPSA) is 29.1 Å². The zero-order valence-corrected chi connectivity index (χ0v) is 13.3. The Morgan fingerprint density at radius 1 is 1.24 bits per heavy atom. The number of carbonyl (C=O) groups is 1. The van der Waals surface area contributed by atoms with Crippen LogP contribution in [0.4, 0.5) is 4.39 Å². The molecule has 0 aliphatic heterocycles. The van der Waals surface area contributed by atoms with Crippen LogP contribution in [0, 0.1) is 17.2 Å². The largest absolute Gasteiger partial charge is 0.349 e. The maximum Gasteiger partial charge on any atom is 0.254 e. The number of hydrogen-bond acceptors (Lipinski definition) is 1. The molecule has 1 N–H and O–H groups in total. The van der Waals surface area contributed by atoms with Crippen LogP contribution in [0.1, 0.15) is 63.2 Å². The second kappa shape index (κ2) is 6.59. The number of rotatable bonds is 4. The summed E-state index contributed by atoms with van der Waals surface area (Å²) in [5.74, 6) is -0.00813. The third kappa shape index (κ3) is 3.84. The average Bonchev–Trinajstić information content (AvgIpc) is 2.48. The quantitative estimate of drug-likeness (QED) is 0.866. The van der Waals surface area contributed by atoms with E-state index < -0.39 is 5.82 Å². The molecule has 0 saturated heterocycles. The third-order valence-electron chi connectivity index (χ3n) is 5.20. The SMILES string of the molecule is CCC(C)(C)C1CCC(NC(=O)c2ccccc2F)CC1. The van der Waals surface area contributed by atoms with E-state index in [9.17, 15) is 9.18 Å². The highest BCUT2D eigenvalue weighted by molar-refractivity contribution is 5.94. The standard InChI is InChI=1S/C18H26FNO/c1-4-18(2,3)13-9-11-14(12-10-13)20-17(21)15-7-5-6-8-16(15)19/h5-8,13-14H,4,9-12H2,1-3H3,(H,20,21). The molecule has 1 saturated carbocycles. The van der Waals surface area contributed by atoms with Crippen molar-refractivity contribution in [3.05, 3.63) is 35.6 Å². The molecule has 21 heavy (non-hydrogen) atoms. The van der Waals surface area contributed by atoms with Crippen LogP contribution in [-0.4, -0.2) is 11.9 Å². The minimum Gasteiger partial charge on any atom is -0.349 e. The zero-order valence-electron chi connectivity index (χ0n) is 13.3. The van der Waals surface area contributed by atoms with Crippen LogP contribution in [0.2, 0.25) is 0 Å². The lowest BCUT2D eigenvalue weighted by Gasteiger charge is -2.39. The predicted octanol–water partition coefficient (Wildman–Crippen LogP) is 4.55. The molecule has 0 radical (unpaired) electrons. The number of amides is 1. The van der Waals surface area contributed by atoms with Crippen molar-refractivity contribution in [1.29, 1.82) is 0 Å². The van der Waals surface area contributed by atoms with Gasteiger partial charge in [-0.1, -0.05) is 39.3 Å². The smallest absolute Gasteiger partial charge is 0.254 e. The Labute approximate surface area is 127 Å². The molecule has 1 aromatic carbocycles. The van der Waals surface area contributed by atoms with Crippen LogP contribution < -0.4 is 5.32 Å². The molecular formula is C18H26FNO. The second-order valence-corrected chi connectivity index (χ2v) is 6.84. The molecule has 2 rings (SSSR count). The summed E-state index contributed by atoms with van der Waals surface area (Å²) in [4.78, 5) is 12.1. The van der Waals surface area contributed by atoms with Crippen molar-refractivity contribution in [2.24, 2.45) is 11.3 Å². The molecule has 2 nitrogen and oxygen atoms in total. The number of hydrogen-bond donors (Lipinski definition) is 1. The first-order valence-electron chi connectivity index (χ1n) is 7.99. The number of carbonyl (C=O) groups excluding carboxylic acids is 1. The van der Waals surface area contributed by atoms with E-state index in [1.54, 1.807) is 12.1 Å². The Kier molecular flexibility index (Phi) is 5.02. The third-order valence-corrected chi connectivity index (χ3v) is 5.20. The summed E-state index contributed by atoms with van der Waals surface area (Å²) in [5.41, 5.74) is 0.522.